The van der Waals surface area contributed by atoms with Gasteiger partial charge in [0.05, 0.1) is 8.66 Å². The van der Waals surface area contributed by atoms with Crippen LogP contribution in [0.25, 0.3) is 0 Å². The van der Waals surface area contributed by atoms with Crippen LogP contribution in [-0.4, -0.2) is 5.78 Å². The van der Waals surface area contributed by atoms with Crippen LogP contribution in [0.4, 0.5) is 8.78 Å². The molecule has 0 aliphatic rings. The van der Waals surface area contributed by atoms with E-state index in [9.17, 15) is 13.6 Å². The molecule has 0 unspecified atom stereocenters. The number of aryl methyl sites for hydroxylation is 1. The van der Waals surface area contributed by atoms with Crippen LogP contribution in [0.3, 0.4) is 0 Å². The Morgan fingerprint density at radius 3 is 2.61 bits per heavy atom. The third-order valence-corrected chi connectivity index (χ3v) is 4.68. The summed E-state index contributed by atoms with van der Waals surface area (Å²) >= 11 is 4.66. The minimum atomic E-state index is -0.685. The van der Waals surface area contributed by atoms with Gasteiger partial charge in [-0.3, -0.25) is 4.79 Å². The molecule has 18 heavy (non-hydrogen) atoms. The van der Waals surface area contributed by atoms with Gasteiger partial charge in [0.25, 0.3) is 0 Å². The van der Waals surface area contributed by atoms with Gasteiger partial charge in [-0.2, -0.15) is 0 Å². The van der Waals surface area contributed by atoms with Crippen molar-refractivity contribution in [1.82, 2.24) is 0 Å². The number of rotatable bonds is 3. The van der Waals surface area contributed by atoms with Gasteiger partial charge in [0.2, 0.25) is 0 Å². The number of hydrogen-bond donors (Lipinski definition) is 0. The largest absolute Gasteiger partial charge is 0.293 e. The molecule has 0 N–H and O–H groups in total. The average molecular weight is 331 g/mol. The average Bonchev–Trinajstić information content (AvgIpc) is 2.63. The second kappa shape index (κ2) is 5.28. The first kappa shape index (κ1) is 13.4. The Bertz CT molecular complexity index is 588. The Hall–Kier alpha value is -1.07. The Kier molecular flexibility index (Phi) is 3.92. The molecule has 2 rings (SSSR count). The molecular weight excluding hydrogens is 322 g/mol. The zero-order chi connectivity index (χ0) is 13.3. The van der Waals surface area contributed by atoms with Gasteiger partial charge in [0.1, 0.15) is 11.6 Å². The number of ketones is 1. The standard InChI is InChI=1S/C13H9BrF2OS/c1-7-4-12(18-13(7)14)11(17)5-8-2-3-9(15)6-10(8)16/h2-4,6H,5H2,1H3. The Morgan fingerprint density at radius 1 is 1.33 bits per heavy atom. The van der Waals surface area contributed by atoms with E-state index in [1.54, 1.807) is 6.07 Å². The highest BCUT2D eigenvalue weighted by Gasteiger charge is 2.14. The van der Waals surface area contributed by atoms with Crippen molar-refractivity contribution in [3.05, 3.63) is 55.7 Å². The predicted octanol–water partition coefficient (Wildman–Crippen LogP) is 4.52. The van der Waals surface area contributed by atoms with Crippen molar-refractivity contribution in [3.63, 3.8) is 0 Å². The monoisotopic (exact) mass is 330 g/mol. The highest BCUT2D eigenvalue weighted by Crippen LogP contribution is 2.28. The summed E-state index contributed by atoms with van der Waals surface area (Å²) < 4.78 is 27.0. The highest BCUT2D eigenvalue weighted by atomic mass is 79.9. The minimum absolute atomic E-state index is 0.0570. The maximum atomic E-state index is 13.4. The molecule has 1 nitrogen and oxygen atoms in total. The minimum Gasteiger partial charge on any atom is -0.293 e. The zero-order valence-electron chi connectivity index (χ0n) is 9.47. The molecule has 0 saturated carbocycles. The number of halogens is 3. The molecule has 1 aromatic heterocycles. The third-order valence-electron chi connectivity index (χ3n) is 2.50. The number of hydrogen-bond acceptors (Lipinski definition) is 2. The van der Waals surface area contributed by atoms with E-state index in [-0.39, 0.29) is 17.8 Å². The van der Waals surface area contributed by atoms with Gasteiger partial charge in [-0.15, -0.1) is 11.3 Å². The van der Waals surface area contributed by atoms with Crippen molar-refractivity contribution in [1.29, 1.82) is 0 Å². The molecule has 0 bridgehead atoms. The molecular formula is C13H9BrF2OS. The molecule has 1 aromatic carbocycles. The van der Waals surface area contributed by atoms with E-state index in [1.165, 1.54) is 17.4 Å². The van der Waals surface area contributed by atoms with Crippen molar-refractivity contribution in [2.45, 2.75) is 13.3 Å². The third kappa shape index (κ3) is 2.84. The number of carbonyl (C=O) groups is 1. The Labute approximate surface area is 116 Å². The van der Waals surface area contributed by atoms with E-state index in [2.05, 4.69) is 15.9 Å². The molecule has 0 saturated heterocycles. The lowest BCUT2D eigenvalue weighted by Crippen LogP contribution is -2.03. The molecule has 0 aliphatic heterocycles. The lowest BCUT2D eigenvalue weighted by atomic mass is 10.1. The van der Waals surface area contributed by atoms with Crippen LogP contribution in [-0.2, 0) is 6.42 Å². The number of carbonyl (C=O) groups excluding carboxylic acids is 1. The lowest BCUT2D eigenvalue weighted by molar-refractivity contribution is 0.0995. The van der Waals surface area contributed by atoms with Gasteiger partial charge >= 0.3 is 0 Å². The molecule has 0 atom stereocenters. The maximum Gasteiger partial charge on any atom is 0.177 e. The van der Waals surface area contributed by atoms with Crippen molar-refractivity contribution in [2.75, 3.05) is 0 Å². The number of benzene rings is 1. The summed E-state index contributed by atoms with van der Waals surface area (Å²) in [7, 11) is 0. The van der Waals surface area contributed by atoms with Gasteiger partial charge in [0, 0.05) is 12.5 Å². The van der Waals surface area contributed by atoms with E-state index < -0.39 is 11.6 Å². The smallest absolute Gasteiger partial charge is 0.177 e. The van der Waals surface area contributed by atoms with Crippen LogP contribution in [0.15, 0.2) is 28.1 Å². The molecule has 0 spiro atoms. The SMILES string of the molecule is Cc1cc(C(=O)Cc2ccc(F)cc2F)sc1Br. The van der Waals surface area contributed by atoms with Crippen LogP contribution < -0.4 is 0 Å². The number of thiophene rings is 1. The fourth-order valence-corrected chi connectivity index (χ4v) is 2.99. The molecule has 0 fully saturated rings. The topological polar surface area (TPSA) is 17.1 Å². The second-order valence-electron chi connectivity index (χ2n) is 3.90. The second-order valence-corrected chi connectivity index (χ2v) is 6.27. The van der Waals surface area contributed by atoms with Crippen molar-refractivity contribution in [2.24, 2.45) is 0 Å². The van der Waals surface area contributed by atoms with Crippen LogP contribution in [0.2, 0.25) is 0 Å². The Balaban J connectivity index is 2.21. The molecule has 5 heteroatoms. The summed E-state index contributed by atoms with van der Waals surface area (Å²) in [5.41, 5.74) is 1.19. The van der Waals surface area contributed by atoms with Crippen molar-refractivity contribution < 1.29 is 13.6 Å². The number of Topliss-reactive ketones (excluding diaryl/α,β-unsaturated/α-hetero) is 1. The maximum absolute atomic E-state index is 13.4. The van der Waals surface area contributed by atoms with Crippen LogP contribution in [0.5, 0.6) is 0 Å². The molecule has 94 valence electrons. The van der Waals surface area contributed by atoms with Gasteiger partial charge in [-0.1, -0.05) is 6.07 Å². The normalized spacial score (nSPS) is 10.7. The van der Waals surface area contributed by atoms with E-state index >= 15 is 0 Å². The van der Waals surface area contributed by atoms with E-state index in [4.69, 9.17) is 0 Å². The fourth-order valence-electron chi connectivity index (χ4n) is 1.52. The van der Waals surface area contributed by atoms with Gasteiger partial charge in [-0.05, 0) is 46.1 Å². The summed E-state index contributed by atoms with van der Waals surface area (Å²) in [6.45, 7) is 1.88. The molecule has 0 radical (unpaired) electrons. The predicted molar refractivity (Wildman–Crippen MR) is 71.1 cm³/mol. The quantitative estimate of drug-likeness (QED) is 0.756. The molecule has 0 amide bonds. The summed E-state index contributed by atoms with van der Waals surface area (Å²) in [5, 5.41) is 0. The van der Waals surface area contributed by atoms with Gasteiger partial charge in [-0.25, -0.2) is 8.78 Å². The summed E-state index contributed by atoms with van der Waals surface area (Å²) in [5.74, 6) is -1.49. The lowest BCUT2D eigenvalue weighted by Gasteiger charge is -2.01. The summed E-state index contributed by atoms with van der Waals surface area (Å²) in [4.78, 5) is 12.5. The highest BCUT2D eigenvalue weighted by molar-refractivity contribution is 9.11. The summed E-state index contributed by atoms with van der Waals surface area (Å²) in [6, 6.07) is 5.01. The molecule has 1 heterocycles. The van der Waals surface area contributed by atoms with Crippen molar-refractivity contribution >= 4 is 33.0 Å². The first-order chi connectivity index (χ1) is 8.47. The van der Waals surface area contributed by atoms with Crippen LogP contribution >= 0.6 is 27.3 Å². The van der Waals surface area contributed by atoms with E-state index in [0.717, 1.165) is 21.5 Å². The Morgan fingerprint density at radius 2 is 2.06 bits per heavy atom. The van der Waals surface area contributed by atoms with Crippen LogP contribution in [0, 0.1) is 18.6 Å². The van der Waals surface area contributed by atoms with Crippen LogP contribution in [0.1, 0.15) is 20.8 Å². The first-order valence-corrected chi connectivity index (χ1v) is 6.81. The molecule has 2 aromatic rings. The van der Waals surface area contributed by atoms with E-state index in [1.807, 2.05) is 6.92 Å². The zero-order valence-corrected chi connectivity index (χ0v) is 11.9. The fraction of sp³-hybridized carbons (Fsp3) is 0.154. The molecule has 0 aliphatic carbocycles. The van der Waals surface area contributed by atoms with Gasteiger partial charge < -0.3 is 0 Å². The summed E-state index contributed by atoms with van der Waals surface area (Å²) in [6.07, 6.45) is -0.0570. The van der Waals surface area contributed by atoms with E-state index in [0.29, 0.717) is 4.88 Å². The first-order valence-electron chi connectivity index (χ1n) is 5.20. The van der Waals surface area contributed by atoms with Crippen molar-refractivity contribution in [3.8, 4) is 0 Å². The van der Waals surface area contributed by atoms with Gasteiger partial charge in [0.15, 0.2) is 5.78 Å².